The molecule has 0 spiro atoms. The number of rotatable bonds is 3. The van der Waals surface area contributed by atoms with Crippen LogP contribution in [0.4, 0.5) is 4.39 Å². The zero-order valence-electron chi connectivity index (χ0n) is 9.48. The summed E-state index contributed by atoms with van der Waals surface area (Å²) in [5.74, 6) is -0.359. The standard InChI is InChI=1S/C14H12ClFO2/c15-12-8-10(4-5-13(12)16)14(18)7-9-2-1-3-11(17)6-9/h1-6,8,14,17-18H,7H2. The highest BCUT2D eigenvalue weighted by Crippen LogP contribution is 2.24. The normalized spacial score (nSPS) is 12.4. The molecule has 0 amide bonds. The van der Waals surface area contributed by atoms with Gasteiger partial charge in [-0.05, 0) is 35.4 Å². The fraction of sp³-hybridized carbons (Fsp3) is 0.143. The molecule has 4 heteroatoms. The van der Waals surface area contributed by atoms with Gasteiger partial charge in [-0.25, -0.2) is 4.39 Å². The van der Waals surface area contributed by atoms with Crippen LogP contribution in [-0.2, 0) is 6.42 Å². The Morgan fingerprint density at radius 3 is 2.61 bits per heavy atom. The Balaban J connectivity index is 2.16. The van der Waals surface area contributed by atoms with Crippen molar-refractivity contribution in [3.8, 4) is 5.75 Å². The van der Waals surface area contributed by atoms with Gasteiger partial charge in [0, 0.05) is 6.42 Å². The first-order valence-corrected chi connectivity index (χ1v) is 5.85. The summed E-state index contributed by atoms with van der Waals surface area (Å²) in [6.07, 6.45) is -0.457. The number of hydrogen-bond acceptors (Lipinski definition) is 2. The monoisotopic (exact) mass is 266 g/mol. The predicted molar refractivity (Wildman–Crippen MR) is 68.2 cm³/mol. The van der Waals surface area contributed by atoms with E-state index < -0.39 is 11.9 Å². The van der Waals surface area contributed by atoms with E-state index in [1.807, 2.05) is 0 Å². The van der Waals surface area contributed by atoms with Gasteiger partial charge in [-0.15, -0.1) is 0 Å². The first-order valence-electron chi connectivity index (χ1n) is 5.47. The van der Waals surface area contributed by atoms with E-state index in [2.05, 4.69) is 0 Å². The van der Waals surface area contributed by atoms with Crippen LogP contribution in [0.3, 0.4) is 0 Å². The lowest BCUT2D eigenvalue weighted by molar-refractivity contribution is 0.178. The van der Waals surface area contributed by atoms with E-state index in [1.54, 1.807) is 24.3 Å². The van der Waals surface area contributed by atoms with E-state index in [-0.39, 0.29) is 10.8 Å². The Labute approximate surface area is 109 Å². The van der Waals surface area contributed by atoms with Crippen molar-refractivity contribution < 1.29 is 14.6 Å². The second-order valence-electron chi connectivity index (χ2n) is 4.06. The summed E-state index contributed by atoms with van der Waals surface area (Å²) >= 11 is 5.66. The second-order valence-corrected chi connectivity index (χ2v) is 4.47. The van der Waals surface area contributed by atoms with Crippen LogP contribution in [0.2, 0.25) is 5.02 Å². The van der Waals surface area contributed by atoms with Gasteiger partial charge in [0.05, 0.1) is 11.1 Å². The van der Waals surface area contributed by atoms with Crippen molar-refractivity contribution in [3.05, 3.63) is 64.4 Å². The van der Waals surface area contributed by atoms with Gasteiger partial charge < -0.3 is 10.2 Å². The van der Waals surface area contributed by atoms with E-state index in [9.17, 15) is 14.6 Å². The molecule has 0 aliphatic rings. The molecule has 0 aliphatic carbocycles. The fourth-order valence-electron chi connectivity index (χ4n) is 1.74. The summed E-state index contributed by atoms with van der Waals surface area (Å²) in [5.41, 5.74) is 1.34. The first kappa shape index (κ1) is 12.9. The summed E-state index contributed by atoms with van der Waals surface area (Å²) in [7, 11) is 0. The number of phenolic OH excluding ortho intramolecular Hbond substituents is 1. The number of hydrogen-bond donors (Lipinski definition) is 2. The van der Waals surface area contributed by atoms with Crippen molar-refractivity contribution in [2.24, 2.45) is 0 Å². The van der Waals surface area contributed by atoms with Crippen molar-refractivity contribution in [1.29, 1.82) is 0 Å². The van der Waals surface area contributed by atoms with E-state index in [0.29, 0.717) is 12.0 Å². The molecule has 0 bridgehead atoms. The second kappa shape index (κ2) is 5.38. The Hall–Kier alpha value is -1.58. The van der Waals surface area contributed by atoms with Crippen LogP contribution in [0.15, 0.2) is 42.5 Å². The number of halogens is 2. The largest absolute Gasteiger partial charge is 0.508 e. The first-order chi connectivity index (χ1) is 8.56. The van der Waals surface area contributed by atoms with Crippen molar-refractivity contribution >= 4 is 11.6 Å². The summed E-state index contributed by atoms with van der Waals surface area (Å²) in [4.78, 5) is 0. The predicted octanol–water partition coefficient (Wildman–Crippen LogP) is 3.46. The van der Waals surface area contributed by atoms with Gasteiger partial charge in [0.2, 0.25) is 0 Å². The van der Waals surface area contributed by atoms with Gasteiger partial charge >= 0.3 is 0 Å². The SMILES string of the molecule is Oc1cccc(CC(O)c2ccc(F)c(Cl)c2)c1. The third-order valence-electron chi connectivity index (χ3n) is 2.67. The van der Waals surface area contributed by atoms with E-state index >= 15 is 0 Å². The molecule has 0 radical (unpaired) electrons. The molecule has 1 unspecified atom stereocenters. The molecular weight excluding hydrogens is 255 g/mol. The van der Waals surface area contributed by atoms with Gasteiger partial charge in [0.25, 0.3) is 0 Å². The fourth-order valence-corrected chi connectivity index (χ4v) is 1.93. The molecule has 0 aliphatic heterocycles. The summed E-state index contributed by atoms with van der Waals surface area (Å²) in [5, 5.41) is 19.3. The maximum absolute atomic E-state index is 13.0. The van der Waals surface area contributed by atoms with E-state index in [1.165, 1.54) is 18.2 Å². The van der Waals surface area contributed by atoms with E-state index in [0.717, 1.165) is 5.56 Å². The van der Waals surface area contributed by atoms with Crippen LogP contribution >= 0.6 is 11.6 Å². The third kappa shape index (κ3) is 3.00. The van der Waals surface area contributed by atoms with Crippen LogP contribution in [0, 0.1) is 5.82 Å². The molecule has 0 fully saturated rings. The molecule has 1 atom stereocenters. The Bertz CT molecular complexity index is 557. The smallest absolute Gasteiger partial charge is 0.141 e. The average Bonchev–Trinajstić information content (AvgIpc) is 2.32. The molecule has 2 rings (SSSR count). The lowest BCUT2D eigenvalue weighted by Gasteiger charge is -2.12. The number of aliphatic hydroxyl groups is 1. The van der Waals surface area contributed by atoms with Crippen LogP contribution in [-0.4, -0.2) is 10.2 Å². The molecule has 2 N–H and O–H groups in total. The summed E-state index contributed by atoms with van der Waals surface area (Å²) in [6.45, 7) is 0. The van der Waals surface area contributed by atoms with Gasteiger partial charge in [0.15, 0.2) is 0 Å². The molecule has 94 valence electrons. The Morgan fingerprint density at radius 2 is 1.94 bits per heavy atom. The number of aromatic hydroxyl groups is 1. The number of benzene rings is 2. The Kier molecular flexibility index (Phi) is 3.84. The van der Waals surface area contributed by atoms with Crippen molar-refractivity contribution in [2.45, 2.75) is 12.5 Å². The van der Waals surface area contributed by atoms with Crippen LogP contribution in [0.5, 0.6) is 5.75 Å². The topological polar surface area (TPSA) is 40.5 Å². The molecule has 2 aromatic rings. The third-order valence-corrected chi connectivity index (χ3v) is 2.96. The van der Waals surface area contributed by atoms with Crippen LogP contribution < -0.4 is 0 Å². The minimum Gasteiger partial charge on any atom is -0.508 e. The van der Waals surface area contributed by atoms with Crippen molar-refractivity contribution in [2.75, 3.05) is 0 Å². The average molecular weight is 267 g/mol. The van der Waals surface area contributed by atoms with Gasteiger partial charge in [-0.3, -0.25) is 0 Å². The summed E-state index contributed by atoms with van der Waals surface area (Å²) in [6, 6.07) is 10.8. The molecule has 0 saturated heterocycles. The minimum absolute atomic E-state index is 0.0116. The highest BCUT2D eigenvalue weighted by Gasteiger charge is 2.11. The molecule has 2 nitrogen and oxygen atoms in total. The highest BCUT2D eigenvalue weighted by molar-refractivity contribution is 6.30. The van der Waals surface area contributed by atoms with Gasteiger partial charge in [-0.1, -0.05) is 29.8 Å². The van der Waals surface area contributed by atoms with Crippen LogP contribution in [0.25, 0.3) is 0 Å². The molecule has 0 heterocycles. The lowest BCUT2D eigenvalue weighted by atomic mass is 10.0. The summed E-state index contributed by atoms with van der Waals surface area (Å²) < 4.78 is 13.0. The highest BCUT2D eigenvalue weighted by atomic mass is 35.5. The van der Waals surface area contributed by atoms with Gasteiger partial charge in [0.1, 0.15) is 11.6 Å². The molecule has 2 aromatic carbocycles. The quantitative estimate of drug-likeness (QED) is 0.893. The number of phenols is 1. The number of aliphatic hydroxyl groups excluding tert-OH is 1. The van der Waals surface area contributed by atoms with Crippen molar-refractivity contribution in [1.82, 2.24) is 0 Å². The van der Waals surface area contributed by atoms with Crippen molar-refractivity contribution in [3.63, 3.8) is 0 Å². The molecule has 0 saturated carbocycles. The van der Waals surface area contributed by atoms with Gasteiger partial charge in [-0.2, -0.15) is 0 Å². The maximum atomic E-state index is 13.0. The molecular formula is C14H12ClFO2. The Morgan fingerprint density at radius 1 is 1.17 bits per heavy atom. The molecule has 0 aromatic heterocycles. The van der Waals surface area contributed by atoms with E-state index in [4.69, 9.17) is 11.6 Å². The zero-order valence-corrected chi connectivity index (χ0v) is 10.2. The minimum atomic E-state index is -0.787. The molecule has 18 heavy (non-hydrogen) atoms. The lowest BCUT2D eigenvalue weighted by Crippen LogP contribution is -2.02. The van der Waals surface area contributed by atoms with Crippen LogP contribution in [0.1, 0.15) is 17.2 Å². The zero-order chi connectivity index (χ0) is 13.1. The maximum Gasteiger partial charge on any atom is 0.141 e.